The third-order valence-corrected chi connectivity index (χ3v) is 5.57. The molecule has 2 aliphatic heterocycles. The van der Waals surface area contributed by atoms with E-state index in [9.17, 15) is 18.0 Å². The molecule has 1 aromatic rings. The van der Waals surface area contributed by atoms with E-state index in [-0.39, 0.29) is 11.9 Å². The Morgan fingerprint density at radius 3 is 2.58 bits per heavy atom. The smallest absolute Gasteiger partial charge is 0.349 e. The highest BCUT2D eigenvalue weighted by Crippen LogP contribution is 2.34. The second-order valence-corrected chi connectivity index (χ2v) is 7.71. The minimum Gasteiger partial charge on any atom is -0.349 e. The van der Waals surface area contributed by atoms with Crippen LogP contribution in [0.2, 0.25) is 0 Å². The van der Waals surface area contributed by atoms with Crippen LogP contribution in [-0.4, -0.2) is 18.0 Å². The summed E-state index contributed by atoms with van der Waals surface area (Å²) < 4.78 is 38.9. The number of fused-ring (bicyclic) bond motifs is 2. The second kappa shape index (κ2) is 7.99. The number of amides is 1. The van der Waals surface area contributed by atoms with Crippen molar-refractivity contribution in [2.24, 2.45) is 5.92 Å². The van der Waals surface area contributed by atoms with Gasteiger partial charge in [0.15, 0.2) is 0 Å². The van der Waals surface area contributed by atoms with Crippen LogP contribution in [0.15, 0.2) is 24.3 Å². The number of hydrogen-bond acceptors (Lipinski definition) is 2. The van der Waals surface area contributed by atoms with Gasteiger partial charge in [0.05, 0.1) is 11.6 Å². The minimum atomic E-state index is -4.37. The molecule has 0 saturated carbocycles. The molecular formula is C20H27F3N2O. The third kappa shape index (κ3) is 4.78. The maximum Gasteiger partial charge on any atom is 0.416 e. The lowest BCUT2D eigenvalue weighted by molar-refractivity contribution is -0.137. The molecule has 1 amide bonds. The maximum absolute atomic E-state index is 13.0. The topological polar surface area (TPSA) is 41.1 Å². The first-order valence-corrected chi connectivity index (χ1v) is 9.57. The van der Waals surface area contributed by atoms with Gasteiger partial charge in [-0.3, -0.25) is 4.79 Å². The summed E-state index contributed by atoms with van der Waals surface area (Å²) in [6, 6.07) is 6.00. The fourth-order valence-corrected chi connectivity index (χ4v) is 4.40. The Balaban J connectivity index is 1.63. The summed E-state index contributed by atoms with van der Waals surface area (Å²) in [5, 5.41) is 6.55. The Morgan fingerprint density at radius 1 is 1.27 bits per heavy atom. The average Bonchev–Trinajstić information content (AvgIpc) is 2.92. The van der Waals surface area contributed by atoms with Gasteiger partial charge in [-0.1, -0.05) is 25.5 Å². The van der Waals surface area contributed by atoms with Gasteiger partial charge in [0.1, 0.15) is 0 Å². The third-order valence-electron chi connectivity index (χ3n) is 5.57. The molecule has 26 heavy (non-hydrogen) atoms. The van der Waals surface area contributed by atoms with Crippen LogP contribution in [0.5, 0.6) is 0 Å². The van der Waals surface area contributed by atoms with Crippen molar-refractivity contribution in [1.29, 1.82) is 0 Å². The van der Waals surface area contributed by atoms with Crippen molar-refractivity contribution in [2.45, 2.75) is 76.2 Å². The van der Waals surface area contributed by atoms with Crippen molar-refractivity contribution in [1.82, 2.24) is 10.6 Å². The number of piperidine rings is 1. The first-order valence-electron chi connectivity index (χ1n) is 9.57. The van der Waals surface area contributed by atoms with E-state index in [1.54, 1.807) is 6.07 Å². The normalized spacial score (nSPS) is 26.5. The molecule has 3 atom stereocenters. The Labute approximate surface area is 152 Å². The summed E-state index contributed by atoms with van der Waals surface area (Å²) in [6.45, 7) is 1.97. The van der Waals surface area contributed by atoms with E-state index in [1.165, 1.54) is 18.9 Å². The highest BCUT2D eigenvalue weighted by atomic mass is 19.4. The van der Waals surface area contributed by atoms with Crippen LogP contribution in [0.4, 0.5) is 13.2 Å². The van der Waals surface area contributed by atoms with Gasteiger partial charge in [0, 0.05) is 18.5 Å². The van der Waals surface area contributed by atoms with Crippen LogP contribution < -0.4 is 10.6 Å². The van der Waals surface area contributed by atoms with Crippen molar-refractivity contribution < 1.29 is 18.0 Å². The van der Waals surface area contributed by atoms with Gasteiger partial charge in [-0.05, 0) is 55.7 Å². The van der Waals surface area contributed by atoms with Crippen LogP contribution in [0.1, 0.15) is 69.0 Å². The SMILES string of the molecule is CCCC(NC(=O)CC1CC2CCC(C1)N2)c1cccc(C(F)(F)F)c1. The number of hydrogen-bond donors (Lipinski definition) is 2. The van der Waals surface area contributed by atoms with E-state index in [2.05, 4.69) is 10.6 Å². The molecule has 0 aliphatic carbocycles. The number of rotatable bonds is 6. The van der Waals surface area contributed by atoms with Crippen molar-refractivity contribution in [2.75, 3.05) is 0 Å². The summed E-state index contributed by atoms with van der Waals surface area (Å²) >= 11 is 0. The van der Waals surface area contributed by atoms with E-state index in [1.807, 2.05) is 6.92 Å². The van der Waals surface area contributed by atoms with Crippen molar-refractivity contribution in [3.05, 3.63) is 35.4 Å². The van der Waals surface area contributed by atoms with Gasteiger partial charge in [0.25, 0.3) is 0 Å². The standard InChI is InChI=1S/C20H27F3N2O/c1-2-4-18(14-5-3-6-15(12-14)20(21,22)23)25-19(26)11-13-9-16-7-8-17(10-13)24-16/h3,5-6,12-13,16-18,24H,2,4,7-11H2,1H3,(H,25,26). The van der Waals surface area contributed by atoms with Crippen molar-refractivity contribution in [3.63, 3.8) is 0 Å². The molecule has 2 aliphatic rings. The molecule has 0 radical (unpaired) electrons. The number of carbonyl (C=O) groups is 1. The monoisotopic (exact) mass is 368 g/mol. The lowest BCUT2D eigenvalue weighted by Gasteiger charge is -2.29. The van der Waals surface area contributed by atoms with E-state index < -0.39 is 11.7 Å². The molecule has 144 valence electrons. The number of nitrogens with one attached hydrogen (secondary N) is 2. The van der Waals surface area contributed by atoms with Crippen molar-refractivity contribution >= 4 is 5.91 Å². The molecule has 0 aromatic heterocycles. The maximum atomic E-state index is 13.0. The van der Waals surface area contributed by atoms with E-state index in [0.717, 1.165) is 31.4 Å². The van der Waals surface area contributed by atoms with Gasteiger partial charge in [-0.2, -0.15) is 13.2 Å². The van der Waals surface area contributed by atoms with E-state index in [4.69, 9.17) is 0 Å². The average molecular weight is 368 g/mol. The van der Waals surface area contributed by atoms with Crippen LogP contribution in [0.25, 0.3) is 0 Å². The van der Waals surface area contributed by atoms with E-state index in [0.29, 0.717) is 36.4 Å². The summed E-state index contributed by atoms with van der Waals surface area (Å²) in [7, 11) is 0. The van der Waals surface area contributed by atoms with Crippen molar-refractivity contribution in [3.8, 4) is 0 Å². The molecule has 3 unspecified atom stereocenters. The zero-order valence-corrected chi connectivity index (χ0v) is 15.1. The highest BCUT2D eigenvalue weighted by Gasteiger charge is 2.34. The summed E-state index contributed by atoms with van der Waals surface area (Å²) in [5.41, 5.74) is -0.138. The molecule has 3 nitrogen and oxygen atoms in total. The first kappa shape index (κ1) is 19.2. The van der Waals surface area contributed by atoms with Crippen LogP contribution in [-0.2, 0) is 11.0 Å². The quantitative estimate of drug-likeness (QED) is 0.771. The molecule has 2 saturated heterocycles. The molecule has 0 spiro atoms. The molecule has 1 aromatic carbocycles. The number of benzene rings is 1. The number of carbonyl (C=O) groups excluding carboxylic acids is 1. The molecule has 3 rings (SSSR count). The molecule has 6 heteroatoms. The molecule has 2 fully saturated rings. The summed E-state index contributed by atoms with van der Waals surface area (Å²) in [5.74, 6) is 0.324. The summed E-state index contributed by atoms with van der Waals surface area (Å²) in [4.78, 5) is 12.5. The van der Waals surface area contributed by atoms with E-state index >= 15 is 0 Å². The Bertz CT molecular complexity index is 620. The minimum absolute atomic E-state index is 0.0489. The van der Waals surface area contributed by atoms with Crippen LogP contribution >= 0.6 is 0 Å². The number of alkyl halides is 3. The fourth-order valence-electron chi connectivity index (χ4n) is 4.40. The predicted octanol–water partition coefficient (Wildman–Crippen LogP) is 4.58. The predicted molar refractivity (Wildman–Crippen MR) is 94.5 cm³/mol. The Hall–Kier alpha value is -1.56. The summed E-state index contributed by atoms with van der Waals surface area (Å²) in [6.07, 6.45) is 1.93. The Morgan fingerprint density at radius 2 is 1.96 bits per heavy atom. The fraction of sp³-hybridized carbons (Fsp3) is 0.650. The highest BCUT2D eigenvalue weighted by molar-refractivity contribution is 5.76. The zero-order valence-electron chi connectivity index (χ0n) is 15.1. The van der Waals surface area contributed by atoms with Gasteiger partial charge < -0.3 is 10.6 Å². The largest absolute Gasteiger partial charge is 0.416 e. The molecule has 2 bridgehead atoms. The zero-order chi connectivity index (χ0) is 18.7. The van der Waals surface area contributed by atoms with Crippen LogP contribution in [0, 0.1) is 5.92 Å². The Kier molecular flexibility index (Phi) is 5.90. The van der Waals surface area contributed by atoms with Crippen LogP contribution in [0.3, 0.4) is 0 Å². The number of halogens is 3. The molecular weight excluding hydrogens is 341 g/mol. The van der Waals surface area contributed by atoms with Gasteiger partial charge in [0.2, 0.25) is 5.91 Å². The molecule has 2 heterocycles. The van der Waals surface area contributed by atoms with Gasteiger partial charge in [-0.25, -0.2) is 0 Å². The molecule has 2 N–H and O–H groups in total. The lowest BCUT2D eigenvalue weighted by Crippen LogP contribution is -2.40. The second-order valence-electron chi connectivity index (χ2n) is 7.71. The van der Waals surface area contributed by atoms with Gasteiger partial charge >= 0.3 is 6.18 Å². The first-order chi connectivity index (χ1) is 12.3. The lowest BCUT2D eigenvalue weighted by atomic mass is 9.89. The van der Waals surface area contributed by atoms with Gasteiger partial charge in [-0.15, -0.1) is 0 Å².